The number of halogens is 2. The van der Waals surface area contributed by atoms with Gasteiger partial charge < -0.3 is 5.32 Å². The van der Waals surface area contributed by atoms with E-state index in [4.69, 9.17) is 11.6 Å². The van der Waals surface area contributed by atoms with Crippen LogP contribution in [0.4, 0.5) is 5.82 Å². The predicted octanol–water partition coefficient (Wildman–Crippen LogP) is 3.58. The van der Waals surface area contributed by atoms with E-state index in [1.807, 2.05) is 13.0 Å². The Kier molecular flexibility index (Phi) is 4.69. The van der Waals surface area contributed by atoms with E-state index in [1.54, 1.807) is 6.20 Å². The monoisotopic (exact) mass is 276 g/mol. The zero-order chi connectivity index (χ0) is 10.6. The van der Waals surface area contributed by atoms with Gasteiger partial charge in [0.05, 0.1) is 9.85 Å². The summed E-state index contributed by atoms with van der Waals surface area (Å²) in [5.41, 5.74) is 1.17. The molecule has 0 saturated carbocycles. The lowest BCUT2D eigenvalue weighted by Gasteiger charge is -2.11. The fourth-order valence-electron chi connectivity index (χ4n) is 1.02. The third kappa shape index (κ3) is 3.14. The van der Waals surface area contributed by atoms with Gasteiger partial charge in [0.2, 0.25) is 0 Å². The van der Waals surface area contributed by atoms with E-state index in [1.165, 1.54) is 5.56 Å². The summed E-state index contributed by atoms with van der Waals surface area (Å²) in [5.74, 6) is 0.865. The molecule has 1 aromatic rings. The van der Waals surface area contributed by atoms with Gasteiger partial charge in [-0.2, -0.15) is 0 Å². The first-order chi connectivity index (χ1) is 6.65. The number of nitrogens with one attached hydrogen (secondary N) is 1. The second kappa shape index (κ2) is 5.56. The smallest absolute Gasteiger partial charge is 0.140 e. The summed E-state index contributed by atoms with van der Waals surface area (Å²) in [4.78, 5) is 4.23. The lowest BCUT2D eigenvalue weighted by Crippen LogP contribution is -2.14. The van der Waals surface area contributed by atoms with Gasteiger partial charge >= 0.3 is 0 Å². The largest absolute Gasteiger partial charge is 0.368 e. The number of aromatic nitrogens is 1. The van der Waals surface area contributed by atoms with Crippen molar-refractivity contribution in [3.05, 3.63) is 22.3 Å². The molecule has 0 bridgehead atoms. The highest BCUT2D eigenvalue weighted by Gasteiger charge is 2.05. The average Bonchev–Trinajstić information content (AvgIpc) is 2.20. The first kappa shape index (κ1) is 11.8. The molecule has 0 fully saturated rings. The van der Waals surface area contributed by atoms with Gasteiger partial charge in [-0.25, -0.2) is 4.98 Å². The molecular formula is C10H14BrClN2. The molecule has 1 rings (SSSR count). The molecule has 14 heavy (non-hydrogen) atoms. The van der Waals surface area contributed by atoms with Crippen LogP contribution in [0.2, 0.25) is 0 Å². The molecule has 0 amide bonds. The second-order valence-corrected chi connectivity index (χ2v) is 4.59. The van der Waals surface area contributed by atoms with E-state index in [2.05, 4.69) is 33.2 Å². The minimum absolute atomic E-state index is 0.157. The van der Waals surface area contributed by atoms with E-state index in [9.17, 15) is 0 Å². The van der Waals surface area contributed by atoms with Gasteiger partial charge in [0.1, 0.15) is 5.82 Å². The van der Waals surface area contributed by atoms with Crippen molar-refractivity contribution in [1.82, 2.24) is 4.98 Å². The number of pyridine rings is 1. The normalized spacial score (nSPS) is 12.6. The fourth-order valence-corrected chi connectivity index (χ4v) is 1.47. The Balaban J connectivity index is 2.63. The maximum Gasteiger partial charge on any atom is 0.140 e. The van der Waals surface area contributed by atoms with Crippen LogP contribution in [0.5, 0.6) is 0 Å². The van der Waals surface area contributed by atoms with Crippen LogP contribution in [0.1, 0.15) is 18.9 Å². The SMILES string of the molecule is CCC(Cl)CNc1nccc(C)c1Br. The van der Waals surface area contributed by atoms with E-state index in [0.29, 0.717) is 0 Å². The van der Waals surface area contributed by atoms with Gasteiger partial charge in [0, 0.05) is 12.7 Å². The summed E-state index contributed by atoms with van der Waals surface area (Å²) >= 11 is 9.49. The maximum absolute atomic E-state index is 6.00. The van der Waals surface area contributed by atoms with Crippen molar-refractivity contribution in [2.75, 3.05) is 11.9 Å². The van der Waals surface area contributed by atoms with Crippen LogP contribution in [0.3, 0.4) is 0 Å². The standard InChI is InChI=1S/C10H14BrClN2/c1-3-8(12)6-14-10-9(11)7(2)4-5-13-10/h4-5,8H,3,6H2,1-2H3,(H,13,14). The zero-order valence-electron chi connectivity index (χ0n) is 8.35. The first-order valence-corrected chi connectivity index (χ1v) is 5.87. The van der Waals surface area contributed by atoms with E-state index < -0.39 is 0 Å². The molecule has 78 valence electrons. The summed E-state index contributed by atoms with van der Waals surface area (Å²) in [6.45, 7) is 4.85. The fraction of sp³-hybridized carbons (Fsp3) is 0.500. The van der Waals surface area contributed by atoms with Gasteiger partial charge in [0.25, 0.3) is 0 Å². The van der Waals surface area contributed by atoms with Crippen LogP contribution >= 0.6 is 27.5 Å². The van der Waals surface area contributed by atoms with Gasteiger partial charge in [-0.1, -0.05) is 6.92 Å². The van der Waals surface area contributed by atoms with Crippen LogP contribution < -0.4 is 5.32 Å². The van der Waals surface area contributed by atoms with Gasteiger partial charge in [-0.15, -0.1) is 11.6 Å². The van der Waals surface area contributed by atoms with E-state index in [-0.39, 0.29) is 5.38 Å². The number of hydrogen-bond donors (Lipinski definition) is 1. The van der Waals surface area contributed by atoms with Crippen molar-refractivity contribution in [2.24, 2.45) is 0 Å². The van der Waals surface area contributed by atoms with Crippen LogP contribution in [0, 0.1) is 6.92 Å². The molecule has 1 atom stereocenters. The second-order valence-electron chi connectivity index (χ2n) is 3.18. The van der Waals surface area contributed by atoms with Crippen molar-refractivity contribution in [3.8, 4) is 0 Å². The molecule has 1 heterocycles. The minimum Gasteiger partial charge on any atom is -0.368 e. The molecule has 1 unspecified atom stereocenters. The highest BCUT2D eigenvalue weighted by Crippen LogP contribution is 2.23. The van der Waals surface area contributed by atoms with Crippen molar-refractivity contribution < 1.29 is 0 Å². The van der Waals surface area contributed by atoms with E-state index >= 15 is 0 Å². The highest BCUT2D eigenvalue weighted by molar-refractivity contribution is 9.10. The summed E-state index contributed by atoms with van der Waals surface area (Å²) in [6.07, 6.45) is 2.75. The lowest BCUT2D eigenvalue weighted by atomic mass is 10.3. The zero-order valence-corrected chi connectivity index (χ0v) is 10.7. The number of alkyl halides is 1. The van der Waals surface area contributed by atoms with Crippen LogP contribution in [-0.4, -0.2) is 16.9 Å². The molecule has 0 aliphatic carbocycles. The Morgan fingerprint density at radius 1 is 1.64 bits per heavy atom. The Labute approximate surface area is 98.2 Å². The lowest BCUT2D eigenvalue weighted by molar-refractivity contribution is 0.840. The average molecular weight is 278 g/mol. The number of hydrogen-bond acceptors (Lipinski definition) is 2. The quantitative estimate of drug-likeness (QED) is 0.851. The summed E-state index contributed by atoms with van der Waals surface area (Å²) in [6, 6.07) is 1.97. The van der Waals surface area contributed by atoms with Gasteiger partial charge in [0.15, 0.2) is 0 Å². The molecule has 1 aromatic heterocycles. The Morgan fingerprint density at radius 2 is 2.36 bits per heavy atom. The molecule has 0 radical (unpaired) electrons. The van der Waals surface area contributed by atoms with Crippen LogP contribution in [0.25, 0.3) is 0 Å². The highest BCUT2D eigenvalue weighted by atomic mass is 79.9. The molecule has 4 heteroatoms. The molecule has 2 nitrogen and oxygen atoms in total. The number of rotatable bonds is 4. The summed E-state index contributed by atoms with van der Waals surface area (Å²) in [5, 5.41) is 3.37. The molecule has 0 aromatic carbocycles. The van der Waals surface area contributed by atoms with Crippen molar-refractivity contribution in [1.29, 1.82) is 0 Å². The molecule has 0 saturated heterocycles. The first-order valence-electron chi connectivity index (χ1n) is 4.64. The third-order valence-electron chi connectivity index (χ3n) is 2.02. The maximum atomic E-state index is 6.00. The number of aryl methyl sites for hydroxylation is 1. The Hall–Kier alpha value is -0.280. The summed E-state index contributed by atoms with van der Waals surface area (Å²) in [7, 11) is 0. The van der Waals surface area contributed by atoms with E-state index in [0.717, 1.165) is 23.3 Å². The topological polar surface area (TPSA) is 24.9 Å². The van der Waals surface area contributed by atoms with Crippen LogP contribution in [-0.2, 0) is 0 Å². The Morgan fingerprint density at radius 3 is 3.00 bits per heavy atom. The van der Waals surface area contributed by atoms with Gasteiger partial charge in [-0.3, -0.25) is 0 Å². The predicted molar refractivity (Wildman–Crippen MR) is 65.1 cm³/mol. The van der Waals surface area contributed by atoms with Crippen LogP contribution in [0.15, 0.2) is 16.7 Å². The number of nitrogens with zero attached hydrogens (tertiary/aromatic N) is 1. The Bertz CT molecular complexity index is 304. The molecule has 0 aliphatic heterocycles. The van der Waals surface area contributed by atoms with Crippen molar-refractivity contribution in [2.45, 2.75) is 25.6 Å². The third-order valence-corrected chi connectivity index (χ3v) is 3.48. The van der Waals surface area contributed by atoms with Gasteiger partial charge in [-0.05, 0) is 40.9 Å². The molecule has 0 aliphatic rings. The number of anilines is 1. The molecular weight excluding hydrogens is 263 g/mol. The molecule has 1 N–H and O–H groups in total. The van der Waals surface area contributed by atoms with Crippen molar-refractivity contribution in [3.63, 3.8) is 0 Å². The molecule has 0 spiro atoms. The summed E-state index contributed by atoms with van der Waals surface area (Å²) < 4.78 is 1.01. The van der Waals surface area contributed by atoms with Crippen molar-refractivity contribution >= 4 is 33.3 Å². The minimum atomic E-state index is 0.157.